The summed E-state index contributed by atoms with van der Waals surface area (Å²) in [6, 6.07) is 3.48. The van der Waals surface area contributed by atoms with Crippen molar-refractivity contribution in [1.29, 1.82) is 0 Å². The maximum atomic E-state index is 4.57. The molecule has 1 aromatic rings. The van der Waals surface area contributed by atoms with E-state index < -0.39 is 0 Å². The Balaban J connectivity index is 1.83. The molecular formula is C13H20N4. The number of nitrogens with zero attached hydrogens (tertiary/aromatic N) is 3. The van der Waals surface area contributed by atoms with Gasteiger partial charge < -0.3 is 10.2 Å². The van der Waals surface area contributed by atoms with E-state index in [1.54, 1.807) is 0 Å². The first-order valence-electron chi connectivity index (χ1n) is 6.54. The van der Waals surface area contributed by atoms with E-state index in [0.29, 0.717) is 6.04 Å². The second-order valence-electron chi connectivity index (χ2n) is 5.29. The maximum absolute atomic E-state index is 4.57. The number of fused-ring (bicyclic) bond motifs is 2. The fourth-order valence-corrected chi connectivity index (χ4v) is 3.01. The molecule has 17 heavy (non-hydrogen) atoms. The quantitative estimate of drug-likeness (QED) is 0.795. The minimum absolute atomic E-state index is 0.651. The highest BCUT2D eigenvalue weighted by molar-refractivity contribution is 5.40. The molecule has 2 saturated heterocycles. The number of anilines is 1. The van der Waals surface area contributed by atoms with Gasteiger partial charge in [-0.2, -0.15) is 0 Å². The zero-order chi connectivity index (χ0) is 11.8. The monoisotopic (exact) mass is 232 g/mol. The van der Waals surface area contributed by atoms with Crippen molar-refractivity contribution in [3.8, 4) is 0 Å². The molecule has 0 radical (unpaired) electrons. The zero-order valence-corrected chi connectivity index (χ0v) is 10.6. The Bertz CT molecular complexity index is 398. The average molecular weight is 232 g/mol. The van der Waals surface area contributed by atoms with Gasteiger partial charge in [-0.1, -0.05) is 0 Å². The third-order valence-corrected chi connectivity index (χ3v) is 3.80. The van der Waals surface area contributed by atoms with Crippen LogP contribution in [0.25, 0.3) is 0 Å². The standard InChI is InChI=1S/C13H20N4/c1-9-7-13(15-10(2)14-9)17-6-5-11-3-4-12(8-17)16-11/h7,11-12,16H,3-6,8H2,1-2H3. The van der Waals surface area contributed by atoms with Gasteiger partial charge in [0, 0.05) is 36.9 Å². The molecule has 3 heterocycles. The van der Waals surface area contributed by atoms with Crippen LogP contribution in [-0.4, -0.2) is 35.1 Å². The van der Waals surface area contributed by atoms with Crippen LogP contribution in [0.15, 0.2) is 6.07 Å². The Hall–Kier alpha value is -1.16. The van der Waals surface area contributed by atoms with Crippen molar-refractivity contribution >= 4 is 5.82 Å². The normalized spacial score (nSPS) is 28.2. The lowest BCUT2D eigenvalue weighted by atomic mass is 10.1. The average Bonchev–Trinajstić information content (AvgIpc) is 2.56. The first kappa shape index (κ1) is 11.0. The summed E-state index contributed by atoms with van der Waals surface area (Å²) in [6.45, 7) is 6.22. The van der Waals surface area contributed by atoms with E-state index in [1.807, 2.05) is 13.8 Å². The lowest BCUT2D eigenvalue weighted by molar-refractivity contribution is 0.563. The molecule has 0 aliphatic carbocycles. The van der Waals surface area contributed by atoms with Gasteiger partial charge in [0.25, 0.3) is 0 Å². The minimum Gasteiger partial charge on any atom is -0.355 e. The van der Waals surface area contributed by atoms with E-state index in [2.05, 4.69) is 26.3 Å². The fourth-order valence-electron chi connectivity index (χ4n) is 3.01. The smallest absolute Gasteiger partial charge is 0.132 e. The highest BCUT2D eigenvalue weighted by Gasteiger charge is 2.29. The van der Waals surface area contributed by atoms with Gasteiger partial charge >= 0.3 is 0 Å². The Morgan fingerprint density at radius 1 is 1.18 bits per heavy atom. The Morgan fingerprint density at radius 3 is 2.82 bits per heavy atom. The van der Waals surface area contributed by atoms with Crippen molar-refractivity contribution in [2.45, 2.75) is 45.2 Å². The van der Waals surface area contributed by atoms with Crippen LogP contribution in [0.2, 0.25) is 0 Å². The summed E-state index contributed by atoms with van der Waals surface area (Å²) >= 11 is 0. The summed E-state index contributed by atoms with van der Waals surface area (Å²) in [5.41, 5.74) is 1.06. The summed E-state index contributed by atoms with van der Waals surface area (Å²) < 4.78 is 0. The molecule has 1 N–H and O–H groups in total. The second-order valence-corrected chi connectivity index (χ2v) is 5.29. The highest BCUT2D eigenvalue weighted by atomic mass is 15.2. The summed E-state index contributed by atoms with van der Waals surface area (Å²) in [5, 5.41) is 3.70. The summed E-state index contributed by atoms with van der Waals surface area (Å²) in [5.74, 6) is 1.98. The molecule has 2 fully saturated rings. The molecule has 4 nitrogen and oxygen atoms in total. The van der Waals surface area contributed by atoms with Crippen molar-refractivity contribution in [3.05, 3.63) is 17.6 Å². The minimum atomic E-state index is 0.651. The molecule has 4 heteroatoms. The first-order valence-corrected chi connectivity index (χ1v) is 6.54. The maximum Gasteiger partial charge on any atom is 0.132 e. The van der Waals surface area contributed by atoms with Crippen molar-refractivity contribution in [2.75, 3.05) is 18.0 Å². The molecule has 92 valence electrons. The van der Waals surface area contributed by atoms with Crippen LogP contribution in [0.5, 0.6) is 0 Å². The van der Waals surface area contributed by atoms with Crippen molar-refractivity contribution < 1.29 is 0 Å². The second kappa shape index (κ2) is 4.26. The number of hydrogen-bond acceptors (Lipinski definition) is 4. The number of aryl methyl sites for hydroxylation is 2. The lowest BCUT2D eigenvalue weighted by Crippen LogP contribution is -2.35. The number of nitrogens with one attached hydrogen (secondary N) is 1. The van der Waals surface area contributed by atoms with E-state index in [0.717, 1.165) is 36.5 Å². The van der Waals surface area contributed by atoms with Crippen molar-refractivity contribution in [3.63, 3.8) is 0 Å². The van der Waals surface area contributed by atoms with Crippen LogP contribution >= 0.6 is 0 Å². The molecule has 0 amide bonds. The molecule has 2 bridgehead atoms. The first-order chi connectivity index (χ1) is 8.20. The summed E-state index contributed by atoms with van der Waals surface area (Å²) in [6.07, 6.45) is 3.89. The topological polar surface area (TPSA) is 41.0 Å². The Morgan fingerprint density at radius 2 is 2.00 bits per heavy atom. The predicted octanol–water partition coefficient (Wildman–Crippen LogP) is 1.42. The van der Waals surface area contributed by atoms with Gasteiger partial charge in [-0.15, -0.1) is 0 Å². The van der Waals surface area contributed by atoms with Gasteiger partial charge in [0.2, 0.25) is 0 Å². The summed E-state index contributed by atoms with van der Waals surface area (Å²) in [4.78, 5) is 11.3. The molecule has 0 saturated carbocycles. The molecule has 2 atom stereocenters. The molecule has 0 spiro atoms. The highest BCUT2D eigenvalue weighted by Crippen LogP contribution is 2.23. The van der Waals surface area contributed by atoms with Gasteiger partial charge in [-0.25, -0.2) is 9.97 Å². The zero-order valence-electron chi connectivity index (χ0n) is 10.6. The van der Waals surface area contributed by atoms with Crippen LogP contribution in [0.4, 0.5) is 5.82 Å². The molecule has 2 aliphatic rings. The molecular weight excluding hydrogens is 212 g/mol. The van der Waals surface area contributed by atoms with Gasteiger partial charge in [0.1, 0.15) is 11.6 Å². The van der Waals surface area contributed by atoms with Crippen LogP contribution in [-0.2, 0) is 0 Å². The third-order valence-electron chi connectivity index (χ3n) is 3.80. The van der Waals surface area contributed by atoms with E-state index in [4.69, 9.17) is 0 Å². The van der Waals surface area contributed by atoms with Crippen molar-refractivity contribution in [1.82, 2.24) is 15.3 Å². The predicted molar refractivity (Wildman–Crippen MR) is 68.3 cm³/mol. The van der Waals surface area contributed by atoms with E-state index in [9.17, 15) is 0 Å². The van der Waals surface area contributed by atoms with Crippen LogP contribution in [0, 0.1) is 13.8 Å². The van der Waals surface area contributed by atoms with E-state index in [-0.39, 0.29) is 0 Å². The Kier molecular flexibility index (Phi) is 2.74. The van der Waals surface area contributed by atoms with Gasteiger partial charge in [-0.05, 0) is 33.1 Å². The van der Waals surface area contributed by atoms with E-state index in [1.165, 1.54) is 19.3 Å². The molecule has 3 rings (SSSR count). The number of hydrogen-bond donors (Lipinski definition) is 1. The molecule has 0 aromatic carbocycles. The molecule has 1 aromatic heterocycles. The lowest BCUT2D eigenvalue weighted by Gasteiger charge is -2.25. The number of aromatic nitrogens is 2. The van der Waals surface area contributed by atoms with E-state index >= 15 is 0 Å². The van der Waals surface area contributed by atoms with Gasteiger partial charge in [-0.3, -0.25) is 0 Å². The van der Waals surface area contributed by atoms with Crippen molar-refractivity contribution in [2.24, 2.45) is 0 Å². The summed E-state index contributed by atoms with van der Waals surface area (Å²) in [7, 11) is 0. The fraction of sp³-hybridized carbons (Fsp3) is 0.692. The largest absolute Gasteiger partial charge is 0.355 e. The molecule has 2 unspecified atom stereocenters. The third kappa shape index (κ3) is 2.27. The van der Waals surface area contributed by atoms with Gasteiger partial charge in [0.15, 0.2) is 0 Å². The molecule has 2 aliphatic heterocycles. The van der Waals surface area contributed by atoms with Crippen LogP contribution < -0.4 is 10.2 Å². The SMILES string of the molecule is Cc1cc(N2CCC3CCC(C2)N3)nc(C)n1. The van der Waals surface area contributed by atoms with Crippen LogP contribution in [0.3, 0.4) is 0 Å². The van der Waals surface area contributed by atoms with Gasteiger partial charge in [0.05, 0.1) is 0 Å². The van der Waals surface area contributed by atoms with Crippen LogP contribution in [0.1, 0.15) is 30.8 Å². The Labute approximate surface area is 102 Å². The number of rotatable bonds is 1.